The van der Waals surface area contributed by atoms with Crippen LogP contribution in [0.2, 0.25) is 0 Å². The first-order chi connectivity index (χ1) is 9.51. The first kappa shape index (κ1) is 15.0. The smallest absolute Gasteiger partial charge is 0.147 e. The van der Waals surface area contributed by atoms with E-state index in [1.165, 1.54) is 11.8 Å². The van der Waals surface area contributed by atoms with Crippen LogP contribution in [0.1, 0.15) is 18.9 Å². The van der Waals surface area contributed by atoms with Gasteiger partial charge in [0.25, 0.3) is 0 Å². The van der Waals surface area contributed by atoms with Crippen molar-refractivity contribution in [2.45, 2.75) is 26.4 Å². The molecule has 0 saturated carbocycles. The van der Waals surface area contributed by atoms with Gasteiger partial charge in [0.15, 0.2) is 0 Å². The molecule has 110 valence electrons. The minimum absolute atomic E-state index is 0.210. The summed E-state index contributed by atoms with van der Waals surface area (Å²) in [5.74, 6) is 0.210. The Hall–Kier alpha value is -1.40. The van der Waals surface area contributed by atoms with E-state index in [2.05, 4.69) is 29.5 Å². The predicted octanol–water partition coefficient (Wildman–Crippen LogP) is 1.58. The van der Waals surface area contributed by atoms with Crippen LogP contribution in [-0.2, 0) is 22.9 Å². The molecule has 5 nitrogen and oxygen atoms in total. The highest BCUT2D eigenvalue weighted by Crippen LogP contribution is 2.19. The zero-order chi connectivity index (χ0) is 14.6. The molecule has 0 aliphatic rings. The Bertz CT molecular complexity index is 677. The molecular weight excluding hydrogens is 274 g/mol. The Morgan fingerprint density at radius 2 is 2.20 bits per heavy atom. The van der Waals surface area contributed by atoms with Gasteiger partial charge >= 0.3 is 0 Å². The number of hydrogen-bond acceptors (Lipinski definition) is 4. The molecule has 2 aromatic heterocycles. The lowest BCUT2D eigenvalue weighted by atomic mass is 10.2. The molecule has 0 aliphatic carbocycles. The number of rotatable bonds is 7. The lowest BCUT2D eigenvalue weighted by Gasteiger charge is -2.03. The van der Waals surface area contributed by atoms with Gasteiger partial charge in [0.1, 0.15) is 15.5 Å². The van der Waals surface area contributed by atoms with Crippen LogP contribution in [0.4, 0.5) is 0 Å². The summed E-state index contributed by atoms with van der Waals surface area (Å²) in [5.41, 5.74) is 2.13. The average Bonchev–Trinajstić information content (AvgIpc) is 2.74. The van der Waals surface area contributed by atoms with Gasteiger partial charge in [0.2, 0.25) is 0 Å². The molecule has 0 radical (unpaired) electrons. The van der Waals surface area contributed by atoms with E-state index in [1.54, 1.807) is 6.20 Å². The van der Waals surface area contributed by atoms with Gasteiger partial charge in [-0.15, -0.1) is 0 Å². The fraction of sp³-hybridized carbons (Fsp3) is 0.500. The molecule has 0 bridgehead atoms. The summed E-state index contributed by atoms with van der Waals surface area (Å²) in [4.78, 5) is 4.41. The number of aryl methyl sites for hydroxylation is 1. The van der Waals surface area contributed by atoms with Gasteiger partial charge in [0, 0.05) is 37.1 Å². The second kappa shape index (κ2) is 6.37. The van der Waals surface area contributed by atoms with Crippen molar-refractivity contribution < 1.29 is 8.42 Å². The molecule has 0 spiro atoms. The van der Waals surface area contributed by atoms with Crippen LogP contribution in [0.25, 0.3) is 11.0 Å². The summed E-state index contributed by atoms with van der Waals surface area (Å²) >= 11 is 0. The highest BCUT2D eigenvalue weighted by atomic mass is 32.2. The minimum atomic E-state index is -2.90. The van der Waals surface area contributed by atoms with E-state index in [0.717, 1.165) is 24.1 Å². The fourth-order valence-corrected chi connectivity index (χ4v) is 2.92. The van der Waals surface area contributed by atoms with E-state index in [0.29, 0.717) is 13.0 Å². The van der Waals surface area contributed by atoms with Gasteiger partial charge in [-0.1, -0.05) is 6.92 Å². The molecular formula is C14H21N3O2S. The van der Waals surface area contributed by atoms with Gasteiger partial charge in [-0.25, -0.2) is 13.4 Å². The van der Waals surface area contributed by atoms with Gasteiger partial charge in [-0.3, -0.25) is 0 Å². The Kier molecular flexibility index (Phi) is 4.77. The fourth-order valence-electron chi connectivity index (χ4n) is 2.26. The van der Waals surface area contributed by atoms with E-state index in [9.17, 15) is 8.42 Å². The molecule has 0 unspecified atom stereocenters. The first-order valence-electron chi connectivity index (χ1n) is 6.82. The molecule has 1 N–H and O–H groups in total. The molecule has 2 aromatic rings. The van der Waals surface area contributed by atoms with Crippen molar-refractivity contribution in [3.63, 3.8) is 0 Å². The van der Waals surface area contributed by atoms with Crippen molar-refractivity contribution in [2.75, 3.05) is 18.6 Å². The van der Waals surface area contributed by atoms with Crippen LogP contribution < -0.4 is 5.32 Å². The minimum Gasteiger partial charge on any atom is -0.332 e. The van der Waals surface area contributed by atoms with Crippen LogP contribution in [0.5, 0.6) is 0 Å². The van der Waals surface area contributed by atoms with Crippen LogP contribution in [-0.4, -0.2) is 36.5 Å². The quantitative estimate of drug-likeness (QED) is 0.842. The number of aromatic nitrogens is 2. The molecule has 0 fully saturated rings. The van der Waals surface area contributed by atoms with E-state index in [1.807, 2.05) is 10.6 Å². The number of fused-ring (bicyclic) bond motifs is 1. The monoisotopic (exact) mass is 295 g/mol. The molecule has 2 heterocycles. The summed E-state index contributed by atoms with van der Waals surface area (Å²) in [6, 6.07) is 3.99. The molecule has 2 rings (SSSR count). The van der Waals surface area contributed by atoms with Crippen LogP contribution >= 0.6 is 0 Å². The Morgan fingerprint density at radius 3 is 2.90 bits per heavy atom. The summed E-state index contributed by atoms with van der Waals surface area (Å²) in [6.45, 7) is 4.47. The van der Waals surface area contributed by atoms with E-state index in [-0.39, 0.29) is 5.75 Å². The summed E-state index contributed by atoms with van der Waals surface area (Å²) in [5, 5.41) is 4.45. The number of sulfone groups is 1. The third-order valence-corrected chi connectivity index (χ3v) is 4.23. The summed E-state index contributed by atoms with van der Waals surface area (Å²) in [7, 11) is -2.90. The molecule has 6 heteroatoms. The number of nitrogens with zero attached hydrogens (tertiary/aromatic N) is 2. The van der Waals surface area contributed by atoms with Gasteiger partial charge in [-0.2, -0.15) is 0 Å². The van der Waals surface area contributed by atoms with Crippen molar-refractivity contribution in [1.82, 2.24) is 14.9 Å². The molecule has 0 amide bonds. The summed E-state index contributed by atoms with van der Waals surface area (Å²) < 4.78 is 24.4. The Labute approximate surface area is 119 Å². The van der Waals surface area contributed by atoms with Crippen molar-refractivity contribution >= 4 is 20.9 Å². The maximum atomic E-state index is 11.2. The average molecular weight is 295 g/mol. The van der Waals surface area contributed by atoms with E-state index < -0.39 is 9.84 Å². The van der Waals surface area contributed by atoms with Crippen molar-refractivity contribution in [1.29, 1.82) is 0 Å². The maximum Gasteiger partial charge on any atom is 0.147 e. The van der Waals surface area contributed by atoms with Crippen LogP contribution in [0.3, 0.4) is 0 Å². The number of pyridine rings is 1. The molecule has 0 aliphatic heterocycles. The molecule has 20 heavy (non-hydrogen) atoms. The SMILES string of the molecule is CCNCc1cn(CCCS(C)(=O)=O)c2ncccc12. The van der Waals surface area contributed by atoms with Crippen molar-refractivity contribution in [2.24, 2.45) is 0 Å². The lowest BCUT2D eigenvalue weighted by Crippen LogP contribution is -2.11. The Balaban J connectivity index is 2.20. The topological polar surface area (TPSA) is 64.0 Å². The zero-order valence-corrected chi connectivity index (χ0v) is 12.8. The molecule has 0 atom stereocenters. The number of hydrogen-bond donors (Lipinski definition) is 1. The highest BCUT2D eigenvalue weighted by molar-refractivity contribution is 7.90. The summed E-state index contributed by atoms with van der Waals surface area (Å²) in [6.07, 6.45) is 5.73. The van der Waals surface area contributed by atoms with Gasteiger partial charge in [0.05, 0.1) is 5.75 Å². The number of nitrogens with one attached hydrogen (secondary N) is 1. The van der Waals surface area contributed by atoms with Crippen LogP contribution in [0.15, 0.2) is 24.5 Å². The van der Waals surface area contributed by atoms with E-state index >= 15 is 0 Å². The first-order valence-corrected chi connectivity index (χ1v) is 8.88. The molecule has 0 saturated heterocycles. The Morgan fingerprint density at radius 1 is 1.40 bits per heavy atom. The highest BCUT2D eigenvalue weighted by Gasteiger charge is 2.09. The second-order valence-corrected chi connectivity index (χ2v) is 7.25. The van der Waals surface area contributed by atoms with Crippen molar-refractivity contribution in [3.05, 3.63) is 30.1 Å². The predicted molar refractivity (Wildman–Crippen MR) is 81.4 cm³/mol. The molecule has 0 aromatic carbocycles. The normalized spacial score (nSPS) is 12.1. The van der Waals surface area contributed by atoms with Gasteiger partial charge < -0.3 is 9.88 Å². The largest absolute Gasteiger partial charge is 0.332 e. The van der Waals surface area contributed by atoms with Crippen molar-refractivity contribution in [3.8, 4) is 0 Å². The maximum absolute atomic E-state index is 11.2. The van der Waals surface area contributed by atoms with Crippen LogP contribution in [0, 0.1) is 0 Å². The van der Waals surface area contributed by atoms with E-state index in [4.69, 9.17) is 0 Å². The second-order valence-electron chi connectivity index (χ2n) is 4.99. The lowest BCUT2D eigenvalue weighted by molar-refractivity contribution is 0.593. The third kappa shape index (κ3) is 3.80. The third-order valence-electron chi connectivity index (χ3n) is 3.20. The standard InChI is InChI=1S/C14H21N3O2S/c1-3-15-10-12-11-17(8-5-9-20(2,18)19)14-13(12)6-4-7-16-14/h4,6-7,11,15H,3,5,8-10H2,1-2H3. The zero-order valence-electron chi connectivity index (χ0n) is 12.0. The van der Waals surface area contributed by atoms with Gasteiger partial charge in [-0.05, 0) is 30.7 Å².